The van der Waals surface area contributed by atoms with E-state index >= 15 is 0 Å². The van der Waals surface area contributed by atoms with Gasteiger partial charge in [-0.2, -0.15) is 0 Å². The molecule has 2 aliphatic carbocycles. The summed E-state index contributed by atoms with van der Waals surface area (Å²) in [5.41, 5.74) is 2.14. The van der Waals surface area contributed by atoms with Crippen LogP contribution in [-0.2, 0) is 14.8 Å². The molecule has 2 atom stereocenters. The van der Waals surface area contributed by atoms with Gasteiger partial charge in [0.05, 0.1) is 24.6 Å². The quantitative estimate of drug-likeness (QED) is 0.593. The normalized spacial score (nSPS) is 29.6. The number of aryl methyl sites for hydroxylation is 1. The van der Waals surface area contributed by atoms with Gasteiger partial charge in [0.25, 0.3) is 0 Å². The van der Waals surface area contributed by atoms with Crippen LogP contribution in [0.25, 0.3) is 0 Å². The van der Waals surface area contributed by atoms with Gasteiger partial charge < -0.3 is 14.8 Å². The third-order valence-corrected chi connectivity index (χ3v) is 8.76. The van der Waals surface area contributed by atoms with Crippen LogP contribution in [-0.4, -0.2) is 61.6 Å². The number of sulfonamides is 1. The van der Waals surface area contributed by atoms with Crippen molar-refractivity contribution in [2.45, 2.75) is 94.6 Å². The monoisotopic (exact) mass is 452 g/mol. The smallest absolute Gasteiger partial charge is 0.220 e. The summed E-state index contributed by atoms with van der Waals surface area (Å²) >= 11 is 0. The lowest BCUT2D eigenvalue weighted by atomic mass is 9.82. The highest BCUT2D eigenvalue weighted by Gasteiger charge is 2.39. The zero-order valence-corrected chi connectivity index (χ0v) is 19.5. The van der Waals surface area contributed by atoms with Gasteiger partial charge in [0.2, 0.25) is 15.9 Å². The fourth-order valence-electron chi connectivity index (χ4n) is 4.90. The van der Waals surface area contributed by atoms with Gasteiger partial charge >= 0.3 is 0 Å². The van der Waals surface area contributed by atoms with Gasteiger partial charge in [0.1, 0.15) is 6.33 Å². The van der Waals surface area contributed by atoms with Gasteiger partial charge in [-0.1, -0.05) is 0 Å². The molecule has 31 heavy (non-hydrogen) atoms. The van der Waals surface area contributed by atoms with Crippen molar-refractivity contribution in [3.05, 3.63) is 17.6 Å². The zero-order chi connectivity index (χ0) is 21.8. The van der Waals surface area contributed by atoms with E-state index in [9.17, 15) is 8.42 Å². The van der Waals surface area contributed by atoms with Crippen LogP contribution < -0.4 is 14.8 Å². The van der Waals surface area contributed by atoms with E-state index in [-0.39, 0.29) is 23.4 Å². The third kappa shape index (κ3) is 5.74. The number of hydrogen-bond acceptors (Lipinski definition) is 7. The van der Waals surface area contributed by atoms with Gasteiger partial charge in [-0.15, -0.1) is 0 Å². The van der Waals surface area contributed by atoms with E-state index in [4.69, 9.17) is 9.47 Å². The Morgan fingerprint density at radius 1 is 1.13 bits per heavy atom. The van der Waals surface area contributed by atoms with E-state index in [1.54, 1.807) is 6.33 Å². The summed E-state index contributed by atoms with van der Waals surface area (Å²) in [5.74, 6) is 1.12. The molecular formula is C22H36N4O4S. The van der Waals surface area contributed by atoms with Crippen molar-refractivity contribution in [2.24, 2.45) is 0 Å². The second kappa shape index (κ2) is 10.1. The Labute approximate surface area is 186 Å². The largest absolute Gasteiger partial charge is 0.478 e. The molecule has 2 saturated carbocycles. The molecule has 3 aliphatic rings. The van der Waals surface area contributed by atoms with Crippen LogP contribution in [0.2, 0.25) is 0 Å². The number of nitrogens with one attached hydrogen (secondary N) is 2. The molecule has 0 aromatic carbocycles. The minimum Gasteiger partial charge on any atom is -0.478 e. The molecule has 8 nitrogen and oxygen atoms in total. The molecule has 174 valence electrons. The fraction of sp³-hybridized carbons (Fsp3) is 0.818. The Hall–Kier alpha value is -1.29. The molecule has 0 spiro atoms. The first-order valence-electron chi connectivity index (χ1n) is 11.8. The van der Waals surface area contributed by atoms with E-state index in [1.807, 2.05) is 13.8 Å². The maximum absolute atomic E-state index is 12.4. The number of piperidine rings is 1. The first-order chi connectivity index (χ1) is 15.0. The molecule has 0 amide bonds. The van der Waals surface area contributed by atoms with E-state index in [2.05, 4.69) is 20.0 Å². The van der Waals surface area contributed by atoms with Crippen molar-refractivity contribution in [3.63, 3.8) is 0 Å². The van der Waals surface area contributed by atoms with Crippen molar-refractivity contribution in [1.29, 1.82) is 0 Å². The summed E-state index contributed by atoms with van der Waals surface area (Å²) in [7, 11) is -3.18. The first kappa shape index (κ1) is 22.9. The van der Waals surface area contributed by atoms with Crippen molar-refractivity contribution in [1.82, 2.24) is 20.0 Å². The van der Waals surface area contributed by atoms with Crippen LogP contribution in [0.1, 0.15) is 75.5 Å². The minimum absolute atomic E-state index is 0.0364. The maximum atomic E-state index is 12.4. The molecule has 1 saturated heterocycles. The topological polar surface area (TPSA) is 102 Å². The Bertz CT molecular complexity index is 838. The molecule has 9 heteroatoms. The second-order valence-corrected chi connectivity index (χ2v) is 11.1. The van der Waals surface area contributed by atoms with Crippen LogP contribution >= 0.6 is 0 Å². The highest BCUT2D eigenvalue weighted by atomic mass is 32.2. The standard InChI is InChI=1S/C22H36N4O4S/c1-3-29-22-21(15(2)24-14-25-22)16-6-8-17(9-7-16)30-13-20-19(5-4-12-23-20)26-31(27,28)18-10-11-18/h14,16-20,23,26H,3-13H2,1-2H3/t16?,17?,19-,20-/m0/s1. The van der Waals surface area contributed by atoms with Crippen molar-refractivity contribution < 1.29 is 17.9 Å². The summed E-state index contributed by atoms with van der Waals surface area (Å²) < 4.78 is 39.7. The lowest BCUT2D eigenvalue weighted by molar-refractivity contribution is 0.00500. The SMILES string of the molecule is CCOc1ncnc(C)c1C1CCC(OC[C@@H]2NCCC[C@@H]2NS(=O)(=O)C2CC2)CC1. The van der Waals surface area contributed by atoms with E-state index in [1.165, 1.54) is 0 Å². The van der Waals surface area contributed by atoms with Crippen LogP contribution in [0.5, 0.6) is 5.88 Å². The van der Waals surface area contributed by atoms with E-state index < -0.39 is 10.0 Å². The van der Waals surface area contributed by atoms with E-state index in [0.29, 0.717) is 19.1 Å². The average molecular weight is 453 g/mol. The molecule has 1 aliphatic heterocycles. The first-order valence-corrected chi connectivity index (χ1v) is 13.3. The highest BCUT2D eigenvalue weighted by Crippen LogP contribution is 2.38. The molecule has 2 heterocycles. The molecule has 0 unspecified atom stereocenters. The summed E-state index contributed by atoms with van der Waals surface area (Å²) in [4.78, 5) is 8.73. The summed E-state index contributed by atoms with van der Waals surface area (Å²) in [6, 6.07) is -0.0390. The Morgan fingerprint density at radius 2 is 1.90 bits per heavy atom. The van der Waals surface area contributed by atoms with Crippen LogP contribution in [0, 0.1) is 6.92 Å². The Kier molecular flexibility index (Phi) is 7.46. The summed E-state index contributed by atoms with van der Waals surface area (Å²) in [5, 5.41) is 3.29. The molecule has 2 N–H and O–H groups in total. The molecular weight excluding hydrogens is 416 g/mol. The molecule has 0 bridgehead atoms. The second-order valence-electron chi connectivity index (χ2n) is 9.09. The predicted molar refractivity (Wildman–Crippen MR) is 119 cm³/mol. The van der Waals surface area contributed by atoms with Gasteiger partial charge in [-0.25, -0.2) is 23.1 Å². The van der Waals surface area contributed by atoms with Gasteiger partial charge in [-0.05, 0) is 77.7 Å². The molecule has 4 rings (SSSR count). The lowest BCUT2D eigenvalue weighted by Crippen LogP contribution is -2.56. The van der Waals surface area contributed by atoms with Crippen molar-refractivity contribution in [2.75, 3.05) is 19.8 Å². The molecule has 1 aromatic rings. The van der Waals surface area contributed by atoms with E-state index in [0.717, 1.165) is 75.0 Å². The average Bonchev–Trinajstić information content (AvgIpc) is 3.60. The fourth-order valence-corrected chi connectivity index (χ4v) is 6.55. The summed E-state index contributed by atoms with van der Waals surface area (Å²) in [6.07, 6.45) is 9.22. The van der Waals surface area contributed by atoms with Gasteiger partial charge in [0.15, 0.2) is 0 Å². The van der Waals surface area contributed by atoms with Crippen molar-refractivity contribution >= 4 is 10.0 Å². The van der Waals surface area contributed by atoms with Crippen LogP contribution in [0.4, 0.5) is 0 Å². The third-order valence-electron chi connectivity index (χ3n) is 6.78. The molecule has 1 aromatic heterocycles. The highest BCUT2D eigenvalue weighted by molar-refractivity contribution is 7.90. The Morgan fingerprint density at radius 3 is 2.61 bits per heavy atom. The van der Waals surface area contributed by atoms with Gasteiger partial charge in [-0.3, -0.25) is 0 Å². The summed E-state index contributed by atoms with van der Waals surface area (Å²) in [6.45, 7) is 6.06. The lowest BCUT2D eigenvalue weighted by Gasteiger charge is -2.35. The van der Waals surface area contributed by atoms with Gasteiger partial charge in [0, 0.05) is 23.3 Å². The predicted octanol–water partition coefficient (Wildman–Crippen LogP) is 2.43. The van der Waals surface area contributed by atoms with Crippen molar-refractivity contribution in [3.8, 4) is 5.88 Å². The number of ether oxygens (including phenoxy) is 2. The molecule has 3 fully saturated rings. The molecule has 0 radical (unpaired) electrons. The van der Waals surface area contributed by atoms with Crippen LogP contribution in [0.3, 0.4) is 0 Å². The maximum Gasteiger partial charge on any atom is 0.220 e. The minimum atomic E-state index is -3.18. The number of aromatic nitrogens is 2. The number of rotatable bonds is 9. The number of nitrogens with zero attached hydrogens (tertiary/aromatic N) is 2. The van der Waals surface area contributed by atoms with Crippen LogP contribution in [0.15, 0.2) is 6.33 Å². The Balaban J connectivity index is 1.29. The zero-order valence-electron chi connectivity index (χ0n) is 18.7. The number of hydrogen-bond donors (Lipinski definition) is 2.